The summed E-state index contributed by atoms with van der Waals surface area (Å²) in [7, 11) is 0. The van der Waals surface area contributed by atoms with Crippen LogP contribution in [0.15, 0.2) is 11.6 Å². The second-order valence-corrected chi connectivity index (χ2v) is 8.58. The minimum absolute atomic E-state index is 0.0706. The molecule has 2 nitrogen and oxygen atoms in total. The molecule has 0 bridgehead atoms. The topological polar surface area (TPSA) is 37.3 Å². The number of allylic oxidation sites excluding steroid dienone is 2. The molecule has 22 heavy (non-hydrogen) atoms. The highest BCUT2D eigenvalue weighted by atomic mass is 16.3. The van der Waals surface area contributed by atoms with Gasteiger partial charge in [-0.15, -0.1) is 0 Å². The van der Waals surface area contributed by atoms with E-state index in [-0.39, 0.29) is 11.5 Å². The first-order chi connectivity index (χ1) is 10.4. The zero-order valence-electron chi connectivity index (χ0n) is 14.5. The average Bonchev–Trinajstić information content (AvgIpc) is 2.73. The standard InChI is InChI=1S/C20H32O2/c1-13-12-20(3,14(2)21)11-10-19-17(13)8-5-15-4-6-16(22)7-9-18(15)19/h4,13-14,17-19,21H,5-12H2,1-3H3. The molecule has 0 heterocycles. The second kappa shape index (κ2) is 6.11. The number of carbonyl (C=O) groups is 1. The molecule has 0 aliphatic heterocycles. The van der Waals surface area contributed by atoms with Gasteiger partial charge in [-0.05, 0) is 74.5 Å². The van der Waals surface area contributed by atoms with Crippen molar-refractivity contribution in [1.82, 2.24) is 0 Å². The molecule has 124 valence electrons. The molecular formula is C20H32O2. The lowest BCUT2D eigenvalue weighted by Crippen LogP contribution is -2.33. The first-order valence-corrected chi connectivity index (χ1v) is 9.29. The Labute approximate surface area is 135 Å². The van der Waals surface area contributed by atoms with Crippen LogP contribution in [0.4, 0.5) is 0 Å². The van der Waals surface area contributed by atoms with Gasteiger partial charge in [0, 0.05) is 12.8 Å². The molecule has 3 rings (SSSR count). The van der Waals surface area contributed by atoms with Crippen LogP contribution in [-0.2, 0) is 4.79 Å². The van der Waals surface area contributed by atoms with E-state index >= 15 is 0 Å². The first kappa shape index (κ1) is 16.2. The molecule has 0 radical (unpaired) electrons. The highest BCUT2D eigenvalue weighted by Gasteiger charge is 2.45. The van der Waals surface area contributed by atoms with Gasteiger partial charge in [-0.3, -0.25) is 4.79 Å². The Morgan fingerprint density at radius 1 is 1.23 bits per heavy atom. The maximum Gasteiger partial charge on any atom is 0.136 e. The molecule has 3 aliphatic carbocycles. The third-order valence-corrected chi connectivity index (χ3v) is 7.21. The van der Waals surface area contributed by atoms with E-state index in [0.717, 1.165) is 37.5 Å². The first-order valence-electron chi connectivity index (χ1n) is 9.29. The van der Waals surface area contributed by atoms with Crippen LogP contribution in [0.25, 0.3) is 0 Å². The molecule has 0 saturated heterocycles. The van der Waals surface area contributed by atoms with Gasteiger partial charge >= 0.3 is 0 Å². The summed E-state index contributed by atoms with van der Waals surface area (Å²) >= 11 is 0. The van der Waals surface area contributed by atoms with Crippen LogP contribution in [0.1, 0.15) is 72.1 Å². The second-order valence-electron chi connectivity index (χ2n) is 8.58. The van der Waals surface area contributed by atoms with E-state index in [1.54, 1.807) is 5.57 Å². The summed E-state index contributed by atoms with van der Waals surface area (Å²) in [4.78, 5) is 11.8. The molecule has 3 aliphatic rings. The number of ketones is 1. The Morgan fingerprint density at radius 3 is 2.73 bits per heavy atom. The van der Waals surface area contributed by atoms with Crippen molar-refractivity contribution >= 4 is 5.78 Å². The molecule has 6 atom stereocenters. The Balaban J connectivity index is 1.85. The van der Waals surface area contributed by atoms with E-state index in [9.17, 15) is 9.90 Å². The van der Waals surface area contributed by atoms with E-state index in [0.29, 0.717) is 24.0 Å². The Hall–Kier alpha value is -0.630. The highest BCUT2D eigenvalue weighted by molar-refractivity contribution is 5.80. The molecule has 0 amide bonds. The van der Waals surface area contributed by atoms with Crippen LogP contribution in [0.5, 0.6) is 0 Å². The third kappa shape index (κ3) is 2.91. The normalized spacial score (nSPS) is 44.2. The molecule has 6 unspecified atom stereocenters. The fraction of sp³-hybridized carbons (Fsp3) is 0.850. The molecule has 0 aromatic rings. The number of hydrogen-bond donors (Lipinski definition) is 1. The van der Waals surface area contributed by atoms with E-state index < -0.39 is 0 Å². The fourth-order valence-corrected chi connectivity index (χ4v) is 5.61. The Kier molecular flexibility index (Phi) is 4.51. The summed E-state index contributed by atoms with van der Waals surface area (Å²) in [6.45, 7) is 6.65. The summed E-state index contributed by atoms with van der Waals surface area (Å²) in [5.74, 6) is 3.28. The quantitative estimate of drug-likeness (QED) is 0.723. The third-order valence-electron chi connectivity index (χ3n) is 7.21. The SMILES string of the molecule is CC1CC(C)(C(C)O)CCC2C3CCC(=O)CC=C3CCC12. The van der Waals surface area contributed by atoms with Crippen molar-refractivity contribution < 1.29 is 9.90 Å². The van der Waals surface area contributed by atoms with Crippen molar-refractivity contribution in [2.75, 3.05) is 0 Å². The van der Waals surface area contributed by atoms with Gasteiger partial charge in [0.05, 0.1) is 6.10 Å². The average molecular weight is 304 g/mol. The molecule has 1 N–H and O–H groups in total. The molecule has 0 aromatic heterocycles. The largest absolute Gasteiger partial charge is 0.393 e. The van der Waals surface area contributed by atoms with Gasteiger partial charge in [0.2, 0.25) is 0 Å². The molecule has 2 heteroatoms. The van der Waals surface area contributed by atoms with Gasteiger partial charge in [-0.25, -0.2) is 0 Å². The van der Waals surface area contributed by atoms with Gasteiger partial charge < -0.3 is 5.11 Å². The fourth-order valence-electron chi connectivity index (χ4n) is 5.61. The summed E-state index contributed by atoms with van der Waals surface area (Å²) < 4.78 is 0. The number of hydrogen-bond acceptors (Lipinski definition) is 2. The van der Waals surface area contributed by atoms with Crippen molar-refractivity contribution in [3.8, 4) is 0 Å². The van der Waals surface area contributed by atoms with Gasteiger partial charge in [0.25, 0.3) is 0 Å². The minimum atomic E-state index is -0.221. The van der Waals surface area contributed by atoms with Crippen LogP contribution in [-0.4, -0.2) is 17.0 Å². The summed E-state index contributed by atoms with van der Waals surface area (Å²) in [5, 5.41) is 10.3. The minimum Gasteiger partial charge on any atom is -0.393 e. The number of aliphatic hydroxyl groups is 1. The van der Waals surface area contributed by atoms with Gasteiger partial charge in [0.1, 0.15) is 5.78 Å². The van der Waals surface area contributed by atoms with Crippen molar-refractivity contribution in [1.29, 1.82) is 0 Å². The van der Waals surface area contributed by atoms with E-state index in [1.165, 1.54) is 19.3 Å². The van der Waals surface area contributed by atoms with Crippen LogP contribution < -0.4 is 0 Å². The molecule has 0 spiro atoms. The summed E-state index contributed by atoms with van der Waals surface area (Å²) in [6.07, 6.45) is 10.6. The van der Waals surface area contributed by atoms with Crippen molar-refractivity contribution in [3.63, 3.8) is 0 Å². The Morgan fingerprint density at radius 2 is 2.00 bits per heavy atom. The number of Topliss-reactive ketones (excluding diaryl/α,β-unsaturated/α-hetero) is 1. The zero-order chi connectivity index (χ0) is 15.9. The lowest BCUT2D eigenvalue weighted by atomic mass is 9.64. The number of fused-ring (bicyclic) bond motifs is 3. The van der Waals surface area contributed by atoms with Crippen LogP contribution >= 0.6 is 0 Å². The van der Waals surface area contributed by atoms with E-state index in [1.807, 2.05) is 6.92 Å². The number of carbonyl (C=O) groups excluding carboxylic acids is 1. The molecule has 2 saturated carbocycles. The predicted octanol–water partition coefficient (Wildman–Crippen LogP) is 4.52. The lowest BCUT2D eigenvalue weighted by Gasteiger charge is -2.41. The van der Waals surface area contributed by atoms with Gasteiger partial charge in [-0.2, -0.15) is 0 Å². The molecule has 0 aromatic carbocycles. The van der Waals surface area contributed by atoms with E-state index in [2.05, 4.69) is 19.9 Å². The van der Waals surface area contributed by atoms with Crippen molar-refractivity contribution in [3.05, 3.63) is 11.6 Å². The number of aliphatic hydroxyl groups excluding tert-OH is 1. The maximum absolute atomic E-state index is 11.8. The monoisotopic (exact) mass is 304 g/mol. The van der Waals surface area contributed by atoms with Gasteiger partial charge in [-0.1, -0.05) is 25.5 Å². The Bertz CT molecular complexity index is 464. The van der Waals surface area contributed by atoms with Crippen LogP contribution in [0, 0.1) is 29.1 Å². The van der Waals surface area contributed by atoms with Gasteiger partial charge in [0.15, 0.2) is 0 Å². The highest BCUT2D eigenvalue weighted by Crippen LogP contribution is 2.53. The van der Waals surface area contributed by atoms with Crippen molar-refractivity contribution in [2.45, 2.75) is 78.2 Å². The van der Waals surface area contributed by atoms with E-state index in [4.69, 9.17) is 0 Å². The smallest absolute Gasteiger partial charge is 0.136 e. The predicted molar refractivity (Wildman–Crippen MR) is 89.4 cm³/mol. The summed E-state index contributed by atoms with van der Waals surface area (Å²) in [5.41, 5.74) is 1.65. The lowest BCUT2D eigenvalue weighted by molar-refractivity contribution is -0.118. The van der Waals surface area contributed by atoms with Crippen molar-refractivity contribution in [2.24, 2.45) is 29.1 Å². The van der Waals surface area contributed by atoms with Crippen LogP contribution in [0.3, 0.4) is 0 Å². The zero-order valence-corrected chi connectivity index (χ0v) is 14.5. The summed E-state index contributed by atoms with van der Waals surface area (Å²) in [6, 6.07) is 0. The van der Waals surface area contributed by atoms with Crippen LogP contribution in [0.2, 0.25) is 0 Å². The molecular weight excluding hydrogens is 272 g/mol. The maximum atomic E-state index is 11.8. The molecule has 2 fully saturated rings. The number of rotatable bonds is 1.